The summed E-state index contributed by atoms with van der Waals surface area (Å²) >= 11 is 0. The van der Waals surface area contributed by atoms with Gasteiger partial charge in [-0.3, -0.25) is 4.98 Å². The van der Waals surface area contributed by atoms with Crippen LogP contribution < -0.4 is 0 Å². The van der Waals surface area contributed by atoms with Crippen LogP contribution in [0.1, 0.15) is 39.2 Å². The molecule has 0 spiro atoms. The van der Waals surface area contributed by atoms with Crippen LogP contribution in [-0.4, -0.2) is 15.0 Å². The molecule has 2 heterocycles. The number of H-pyrrole nitrogens is 1. The first-order chi connectivity index (χ1) is 7.00. The van der Waals surface area contributed by atoms with Crippen LogP contribution in [0.25, 0.3) is 11.0 Å². The largest absolute Gasteiger partial charge is 0.340 e. The van der Waals surface area contributed by atoms with Crippen molar-refractivity contribution in [3.8, 4) is 0 Å². The van der Waals surface area contributed by atoms with E-state index in [2.05, 4.69) is 48.7 Å². The lowest BCUT2D eigenvalue weighted by Crippen LogP contribution is -2.12. The van der Waals surface area contributed by atoms with Crippen molar-refractivity contribution in [2.24, 2.45) is 0 Å². The van der Waals surface area contributed by atoms with Gasteiger partial charge in [0, 0.05) is 11.1 Å². The molecule has 0 amide bonds. The second-order valence-electron chi connectivity index (χ2n) is 4.88. The number of hydrogen-bond donors (Lipinski definition) is 1. The molecule has 0 aromatic carbocycles. The van der Waals surface area contributed by atoms with Gasteiger partial charge in [0.05, 0.1) is 17.2 Å². The fourth-order valence-electron chi connectivity index (χ4n) is 1.50. The van der Waals surface area contributed by atoms with E-state index in [0.29, 0.717) is 0 Å². The summed E-state index contributed by atoms with van der Waals surface area (Å²) < 4.78 is 0. The molecule has 3 heteroatoms. The summed E-state index contributed by atoms with van der Waals surface area (Å²) in [5, 5.41) is 0. The van der Waals surface area contributed by atoms with E-state index in [1.165, 1.54) is 0 Å². The highest BCUT2D eigenvalue weighted by atomic mass is 14.9. The van der Waals surface area contributed by atoms with Gasteiger partial charge in [0.15, 0.2) is 0 Å². The molecule has 3 nitrogen and oxygen atoms in total. The molecule has 0 unspecified atom stereocenters. The number of aryl methyl sites for hydroxylation is 1. The molecule has 0 saturated carbocycles. The maximum absolute atomic E-state index is 4.60. The van der Waals surface area contributed by atoms with E-state index < -0.39 is 0 Å². The molecule has 0 atom stereocenters. The van der Waals surface area contributed by atoms with E-state index in [4.69, 9.17) is 0 Å². The van der Waals surface area contributed by atoms with Crippen LogP contribution in [-0.2, 0) is 11.8 Å². The van der Waals surface area contributed by atoms with Gasteiger partial charge < -0.3 is 4.98 Å². The Hall–Kier alpha value is -1.38. The fourth-order valence-corrected chi connectivity index (χ4v) is 1.50. The maximum Gasteiger partial charge on any atom is 0.112 e. The molecular weight excluding hydrogens is 186 g/mol. The first-order valence-electron chi connectivity index (χ1n) is 5.36. The zero-order valence-corrected chi connectivity index (χ0v) is 9.76. The summed E-state index contributed by atoms with van der Waals surface area (Å²) in [7, 11) is 0. The van der Waals surface area contributed by atoms with Crippen molar-refractivity contribution in [3.63, 3.8) is 0 Å². The molecule has 0 fully saturated rings. The molecule has 2 rings (SSSR count). The van der Waals surface area contributed by atoms with Crippen LogP contribution in [0.2, 0.25) is 0 Å². The van der Waals surface area contributed by atoms with Crippen LogP contribution in [0, 0.1) is 0 Å². The number of imidazole rings is 1. The minimum Gasteiger partial charge on any atom is -0.340 e. The smallest absolute Gasteiger partial charge is 0.112 e. The molecule has 0 aliphatic heterocycles. The van der Waals surface area contributed by atoms with Crippen molar-refractivity contribution < 1.29 is 0 Å². The zero-order chi connectivity index (χ0) is 11.1. The molecule has 15 heavy (non-hydrogen) atoms. The highest BCUT2D eigenvalue weighted by Gasteiger charge is 2.18. The van der Waals surface area contributed by atoms with Gasteiger partial charge in [0.1, 0.15) is 5.82 Å². The topological polar surface area (TPSA) is 41.6 Å². The number of rotatable bonds is 1. The number of nitrogens with one attached hydrogen (secondary N) is 1. The highest BCUT2D eigenvalue weighted by Crippen LogP contribution is 2.22. The average Bonchev–Trinajstić information content (AvgIpc) is 2.59. The maximum atomic E-state index is 4.60. The third kappa shape index (κ3) is 1.87. The average molecular weight is 203 g/mol. The molecule has 0 saturated heterocycles. The van der Waals surface area contributed by atoms with Crippen molar-refractivity contribution in [1.82, 2.24) is 15.0 Å². The van der Waals surface area contributed by atoms with Gasteiger partial charge >= 0.3 is 0 Å². The molecule has 2 aromatic rings. The standard InChI is InChI=1S/C12H17N3/c1-5-8-6-9-10(7-13-8)15-11(14-9)12(2,3)4/h6-7H,5H2,1-4H3,(H,14,15). The molecule has 0 radical (unpaired) electrons. The van der Waals surface area contributed by atoms with Gasteiger partial charge in [-0.1, -0.05) is 27.7 Å². The minimum absolute atomic E-state index is 0.0609. The van der Waals surface area contributed by atoms with E-state index in [0.717, 1.165) is 29.0 Å². The monoisotopic (exact) mass is 203 g/mol. The Labute approximate surface area is 90.0 Å². The van der Waals surface area contributed by atoms with Gasteiger partial charge in [-0.2, -0.15) is 0 Å². The van der Waals surface area contributed by atoms with Crippen LogP contribution in [0.4, 0.5) is 0 Å². The molecule has 0 aliphatic rings. The van der Waals surface area contributed by atoms with Crippen molar-refractivity contribution >= 4 is 11.0 Å². The predicted molar refractivity (Wildman–Crippen MR) is 62.0 cm³/mol. The Balaban J connectivity index is 2.56. The molecule has 2 aromatic heterocycles. The zero-order valence-electron chi connectivity index (χ0n) is 9.76. The van der Waals surface area contributed by atoms with E-state index in [-0.39, 0.29) is 5.41 Å². The summed E-state index contributed by atoms with van der Waals surface area (Å²) in [6, 6.07) is 2.06. The number of pyridine rings is 1. The third-order valence-electron chi connectivity index (χ3n) is 2.50. The summed E-state index contributed by atoms with van der Waals surface area (Å²) in [6.45, 7) is 8.56. The Morgan fingerprint density at radius 1 is 1.33 bits per heavy atom. The Bertz CT molecular complexity index is 477. The van der Waals surface area contributed by atoms with Crippen molar-refractivity contribution in [1.29, 1.82) is 0 Å². The van der Waals surface area contributed by atoms with Crippen molar-refractivity contribution in [2.45, 2.75) is 39.5 Å². The number of aromatic amines is 1. The van der Waals surface area contributed by atoms with Crippen LogP contribution >= 0.6 is 0 Å². The van der Waals surface area contributed by atoms with Crippen LogP contribution in [0.3, 0.4) is 0 Å². The summed E-state index contributed by atoms with van der Waals surface area (Å²) in [4.78, 5) is 12.3. The van der Waals surface area contributed by atoms with E-state index >= 15 is 0 Å². The SMILES string of the molecule is CCc1cc2nc(C(C)(C)C)[nH]c2cn1. The lowest BCUT2D eigenvalue weighted by atomic mass is 9.96. The van der Waals surface area contributed by atoms with Gasteiger partial charge in [-0.25, -0.2) is 4.98 Å². The lowest BCUT2D eigenvalue weighted by molar-refractivity contribution is 0.554. The number of nitrogens with zero attached hydrogens (tertiary/aromatic N) is 2. The van der Waals surface area contributed by atoms with Gasteiger partial charge in [0.2, 0.25) is 0 Å². The van der Waals surface area contributed by atoms with Crippen molar-refractivity contribution in [2.75, 3.05) is 0 Å². The second kappa shape index (κ2) is 3.33. The molecule has 1 N–H and O–H groups in total. The Kier molecular flexibility index (Phi) is 2.25. The Morgan fingerprint density at radius 2 is 2.07 bits per heavy atom. The molecule has 0 aliphatic carbocycles. The van der Waals surface area contributed by atoms with Gasteiger partial charge in [0.25, 0.3) is 0 Å². The van der Waals surface area contributed by atoms with Gasteiger partial charge in [-0.05, 0) is 12.5 Å². The second-order valence-corrected chi connectivity index (χ2v) is 4.88. The normalized spacial score (nSPS) is 12.3. The molecule has 80 valence electrons. The summed E-state index contributed by atoms with van der Waals surface area (Å²) in [5.74, 6) is 1.02. The first-order valence-corrected chi connectivity index (χ1v) is 5.36. The van der Waals surface area contributed by atoms with Crippen LogP contribution in [0.5, 0.6) is 0 Å². The molecular formula is C12H17N3. The van der Waals surface area contributed by atoms with Crippen LogP contribution in [0.15, 0.2) is 12.3 Å². The third-order valence-corrected chi connectivity index (χ3v) is 2.50. The number of fused-ring (bicyclic) bond motifs is 1. The number of aromatic nitrogens is 3. The fraction of sp³-hybridized carbons (Fsp3) is 0.500. The summed E-state index contributed by atoms with van der Waals surface area (Å²) in [6.07, 6.45) is 2.82. The number of hydrogen-bond acceptors (Lipinski definition) is 2. The predicted octanol–water partition coefficient (Wildman–Crippen LogP) is 2.82. The first kappa shape index (κ1) is 10.1. The summed E-state index contributed by atoms with van der Waals surface area (Å²) in [5.41, 5.74) is 3.20. The van der Waals surface area contributed by atoms with E-state index in [9.17, 15) is 0 Å². The van der Waals surface area contributed by atoms with E-state index in [1.807, 2.05) is 6.20 Å². The van der Waals surface area contributed by atoms with Crippen molar-refractivity contribution in [3.05, 3.63) is 23.8 Å². The van der Waals surface area contributed by atoms with Gasteiger partial charge in [-0.15, -0.1) is 0 Å². The quantitative estimate of drug-likeness (QED) is 0.774. The Morgan fingerprint density at radius 3 is 2.67 bits per heavy atom. The minimum atomic E-state index is 0.0609. The lowest BCUT2D eigenvalue weighted by Gasteiger charge is -2.13. The van der Waals surface area contributed by atoms with E-state index in [1.54, 1.807) is 0 Å². The molecule has 0 bridgehead atoms. The highest BCUT2D eigenvalue weighted by molar-refractivity contribution is 5.74.